The Bertz CT molecular complexity index is 516. The van der Waals surface area contributed by atoms with Crippen LogP contribution >= 0.6 is 27.5 Å². The quantitative estimate of drug-likeness (QED) is 0.932. The number of hydrogen-bond donors (Lipinski definition) is 1. The van der Waals surface area contributed by atoms with Gasteiger partial charge in [0.15, 0.2) is 0 Å². The number of nitrogens with one attached hydrogen (secondary N) is 1. The minimum Gasteiger partial charge on any atom is -0.309 e. The number of benzene rings is 1. The zero-order valence-electron chi connectivity index (χ0n) is 9.32. The van der Waals surface area contributed by atoms with Crippen LogP contribution in [0.4, 0.5) is 0 Å². The molecule has 0 spiro atoms. The Morgan fingerprint density at radius 2 is 2.06 bits per heavy atom. The predicted molar refractivity (Wildman–Crippen MR) is 74.3 cm³/mol. The third kappa shape index (κ3) is 2.86. The molecule has 0 radical (unpaired) electrons. The van der Waals surface area contributed by atoms with Crippen molar-refractivity contribution in [2.45, 2.75) is 6.04 Å². The molecule has 0 fully saturated rings. The van der Waals surface area contributed by atoms with Gasteiger partial charge in [0, 0.05) is 21.9 Å². The first-order valence-electron chi connectivity index (χ1n) is 5.24. The summed E-state index contributed by atoms with van der Waals surface area (Å²) in [6.45, 7) is 0. The van der Waals surface area contributed by atoms with Crippen LogP contribution in [-0.2, 0) is 0 Å². The zero-order chi connectivity index (χ0) is 12.3. The standard InChI is InChI=1S/C13H12BrClN2/c1-16-13(9-6-10(14)8-17-7-9)11-4-2-3-5-12(11)15/h2-8,13,16H,1H3. The molecule has 0 saturated heterocycles. The van der Waals surface area contributed by atoms with Gasteiger partial charge in [-0.15, -0.1) is 0 Å². The van der Waals surface area contributed by atoms with Crippen molar-refractivity contribution in [3.8, 4) is 0 Å². The third-order valence-electron chi connectivity index (χ3n) is 2.56. The minimum absolute atomic E-state index is 0.0497. The van der Waals surface area contributed by atoms with Crippen molar-refractivity contribution < 1.29 is 0 Å². The lowest BCUT2D eigenvalue weighted by molar-refractivity contribution is 0.688. The first-order valence-corrected chi connectivity index (χ1v) is 6.41. The summed E-state index contributed by atoms with van der Waals surface area (Å²) >= 11 is 9.64. The molecule has 0 aliphatic carbocycles. The SMILES string of the molecule is CNC(c1cncc(Br)c1)c1ccccc1Cl. The van der Waals surface area contributed by atoms with Crippen molar-refractivity contribution in [2.24, 2.45) is 0 Å². The molecule has 2 nitrogen and oxygen atoms in total. The lowest BCUT2D eigenvalue weighted by atomic mass is 10.0. The van der Waals surface area contributed by atoms with Gasteiger partial charge < -0.3 is 5.32 Å². The Morgan fingerprint density at radius 1 is 1.29 bits per heavy atom. The van der Waals surface area contributed by atoms with Crippen molar-refractivity contribution in [3.63, 3.8) is 0 Å². The van der Waals surface area contributed by atoms with Crippen LogP contribution in [0.1, 0.15) is 17.2 Å². The van der Waals surface area contributed by atoms with Gasteiger partial charge in [0.25, 0.3) is 0 Å². The summed E-state index contributed by atoms with van der Waals surface area (Å²) in [4.78, 5) is 4.18. The van der Waals surface area contributed by atoms with Crippen LogP contribution in [0.15, 0.2) is 47.2 Å². The van der Waals surface area contributed by atoms with Gasteiger partial charge in [-0.3, -0.25) is 4.98 Å². The first kappa shape index (κ1) is 12.6. The lowest BCUT2D eigenvalue weighted by Crippen LogP contribution is -2.18. The van der Waals surface area contributed by atoms with Gasteiger partial charge in [-0.25, -0.2) is 0 Å². The number of halogens is 2. The summed E-state index contributed by atoms with van der Waals surface area (Å²) in [6.07, 6.45) is 3.61. The molecule has 0 bridgehead atoms. The molecule has 2 aromatic rings. The van der Waals surface area contributed by atoms with E-state index in [1.165, 1.54) is 0 Å². The van der Waals surface area contributed by atoms with Gasteiger partial charge in [0.1, 0.15) is 0 Å². The highest BCUT2D eigenvalue weighted by molar-refractivity contribution is 9.10. The maximum Gasteiger partial charge on any atom is 0.0604 e. The molecular formula is C13H12BrClN2. The molecule has 1 aromatic heterocycles. The molecule has 0 amide bonds. The van der Waals surface area contributed by atoms with Crippen LogP contribution in [0, 0.1) is 0 Å². The van der Waals surface area contributed by atoms with Crippen LogP contribution in [0.3, 0.4) is 0 Å². The van der Waals surface area contributed by atoms with Gasteiger partial charge in [-0.05, 0) is 46.2 Å². The lowest BCUT2D eigenvalue weighted by Gasteiger charge is -2.18. The average molecular weight is 312 g/mol. The van der Waals surface area contributed by atoms with E-state index in [1.807, 2.05) is 43.6 Å². The number of pyridine rings is 1. The molecule has 0 saturated carbocycles. The van der Waals surface area contributed by atoms with Gasteiger partial charge in [-0.2, -0.15) is 0 Å². The van der Waals surface area contributed by atoms with Crippen LogP contribution in [-0.4, -0.2) is 12.0 Å². The molecule has 1 atom stereocenters. The molecule has 0 aliphatic rings. The summed E-state index contributed by atoms with van der Waals surface area (Å²) in [5, 5.41) is 4.01. The van der Waals surface area contributed by atoms with E-state index in [0.717, 1.165) is 20.6 Å². The summed E-state index contributed by atoms with van der Waals surface area (Å²) < 4.78 is 0.960. The fourth-order valence-corrected chi connectivity index (χ4v) is 2.42. The monoisotopic (exact) mass is 310 g/mol. The Hall–Kier alpha value is -0.900. The maximum atomic E-state index is 6.22. The fourth-order valence-electron chi connectivity index (χ4n) is 1.80. The van der Waals surface area contributed by atoms with Crippen molar-refractivity contribution in [1.82, 2.24) is 10.3 Å². The molecule has 1 heterocycles. The molecule has 2 rings (SSSR count). The van der Waals surface area contributed by atoms with Crippen molar-refractivity contribution in [3.05, 3.63) is 63.3 Å². The number of hydrogen-bond acceptors (Lipinski definition) is 2. The molecular weight excluding hydrogens is 300 g/mol. The van der Waals surface area contributed by atoms with Gasteiger partial charge in [-0.1, -0.05) is 29.8 Å². The summed E-state index contributed by atoms with van der Waals surface area (Å²) in [5.74, 6) is 0. The topological polar surface area (TPSA) is 24.9 Å². The van der Waals surface area contributed by atoms with Crippen LogP contribution in [0.25, 0.3) is 0 Å². The minimum atomic E-state index is 0.0497. The van der Waals surface area contributed by atoms with E-state index in [9.17, 15) is 0 Å². The number of nitrogens with zero attached hydrogens (tertiary/aromatic N) is 1. The molecule has 4 heteroatoms. The smallest absolute Gasteiger partial charge is 0.0604 e. The van der Waals surface area contributed by atoms with E-state index in [2.05, 4.69) is 26.2 Å². The summed E-state index contributed by atoms with van der Waals surface area (Å²) in [6, 6.07) is 9.91. The van der Waals surface area contributed by atoms with Gasteiger partial charge in [0.2, 0.25) is 0 Å². The third-order valence-corrected chi connectivity index (χ3v) is 3.34. The highest BCUT2D eigenvalue weighted by atomic mass is 79.9. The Kier molecular flexibility index (Phi) is 4.15. The molecule has 1 aromatic carbocycles. The highest BCUT2D eigenvalue weighted by Gasteiger charge is 2.15. The molecule has 0 aliphatic heterocycles. The second kappa shape index (κ2) is 5.63. The maximum absolute atomic E-state index is 6.22. The van der Waals surface area contributed by atoms with E-state index in [-0.39, 0.29) is 6.04 Å². The second-order valence-corrected chi connectivity index (χ2v) is 5.00. The van der Waals surface area contributed by atoms with Gasteiger partial charge >= 0.3 is 0 Å². The fraction of sp³-hybridized carbons (Fsp3) is 0.154. The van der Waals surface area contributed by atoms with E-state index in [1.54, 1.807) is 6.20 Å². The first-order chi connectivity index (χ1) is 8.22. The van der Waals surface area contributed by atoms with Crippen LogP contribution in [0.5, 0.6) is 0 Å². The number of rotatable bonds is 3. The molecule has 17 heavy (non-hydrogen) atoms. The Morgan fingerprint density at radius 3 is 2.71 bits per heavy atom. The average Bonchev–Trinajstić information content (AvgIpc) is 2.33. The molecule has 1 N–H and O–H groups in total. The van der Waals surface area contributed by atoms with Crippen molar-refractivity contribution >= 4 is 27.5 Å². The normalized spacial score (nSPS) is 12.4. The van der Waals surface area contributed by atoms with E-state index in [0.29, 0.717) is 0 Å². The van der Waals surface area contributed by atoms with Crippen molar-refractivity contribution in [2.75, 3.05) is 7.05 Å². The largest absolute Gasteiger partial charge is 0.309 e. The molecule has 1 unspecified atom stereocenters. The summed E-state index contributed by atoms with van der Waals surface area (Å²) in [5.41, 5.74) is 2.13. The Labute approximate surface area is 114 Å². The highest BCUT2D eigenvalue weighted by Crippen LogP contribution is 2.28. The van der Waals surface area contributed by atoms with E-state index >= 15 is 0 Å². The van der Waals surface area contributed by atoms with E-state index < -0.39 is 0 Å². The summed E-state index contributed by atoms with van der Waals surface area (Å²) in [7, 11) is 1.91. The van der Waals surface area contributed by atoms with Crippen LogP contribution < -0.4 is 5.32 Å². The van der Waals surface area contributed by atoms with Crippen molar-refractivity contribution in [1.29, 1.82) is 0 Å². The Balaban J connectivity index is 2.44. The molecule has 88 valence electrons. The second-order valence-electron chi connectivity index (χ2n) is 3.68. The van der Waals surface area contributed by atoms with Crippen LogP contribution in [0.2, 0.25) is 5.02 Å². The van der Waals surface area contributed by atoms with E-state index in [4.69, 9.17) is 11.6 Å². The van der Waals surface area contributed by atoms with Gasteiger partial charge in [0.05, 0.1) is 6.04 Å². The number of aromatic nitrogens is 1. The predicted octanol–water partition coefficient (Wildman–Crippen LogP) is 3.81. The zero-order valence-corrected chi connectivity index (χ0v) is 11.7.